The lowest BCUT2D eigenvalue weighted by Gasteiger charge is -2.17. The first-order valence-electron chi connectivity index (χ1n) is 40.8. The number of carbonyl (C=O) groups is 9. The van der Waals surface area contributed by atoms with E-state index in [2.05, 4.69) is 64.4 Å². The van der Waals surface area contributed by atoms with Gasteiger partial charge in [0.15, 0.2) is 34.9 Å². The third-order valence-electron chi connectivity index (χ3n) is 20.4. The van der Waals surface area contributed by atoms with Crippen molar-refractivity contribution in [3.05, 3.63) is 193 Å². The maximum Gasteiger partial charge on any atom is 0.287 e. The third-order valence-corrected chi connectivity index (χ3v) is 21.8. The molecule has 0 bridgehead atoms. The topological polar surface area (TPSA) is 355 Å². The second kappa shape index (κ2) is 46.4. The summed E-state index contributed by atoms with van der Waals surface area (Å²) in [6.07, 6.45) is 13.3. The molecule has 1 aliphatic rings. The predicted octanol–water partition coefficient (Wildman–Crippen LogP) is 8.76. The van der Waals surface area contributed by atoms with Crippen molar-refractivity contribution in [2.45, 2.75) is 123 Å². The number of thiophene rings is 1. The van der Waals surface area contributed by atoms with E-state index >= 15 is 0 Å². The van der Waals surface area contributed by atoms with Gasteiger partial charge in [-0.15, -0.1) is 21.5 Å². The zero-order valence-corrected chi connectivity index (χ0v) is 71.7. The van der Waals surface area contributed by atoms with E-state index in [1.54, 1.807) is 114 Å². The summed E-state index contributed by atoms with van der Waals surface area (Å²) in [5.41, 5.74) is 7.75. The number of hydrogen-bond donors (Lipinski definition) is 3. The first-order chi connectivity index (χ1) is 57.8. The van der Waals surface area contributed by atoms with Gasteiger partial charge in [-0.2, -0.15) is 0 Å². The van der Waals surface area contributed by atoms with Gasteiger partial charge in [0.05, 0.1) is 107 Å². The van der Waals surface area contributed by atoms with Crippen LogP contribution in [0.1, 0.15) is 184 Å². The highest BCUT2D eigenvalue weighted by atomic mass is 35.5. The zero-order valence-electron chi connectivity index (χ0n) is 70.2. The molecule has 1 atom stereocenters. The van der Waals surface area contributed by atoms with Gasteiger partial charge in [0, 0.05) is 171 Å². The smallest absolute Gasteiger partial charge is 0.287 e. The number of nitrogens with zero attached hydrogens (tertiary/aromatic N) is 13. The molecule has 3 N–H and O–H groups in total. The highest BCUT2D eigenvalue weighted by Gasteiger charge is 2.33. The number of imidazole rings is 3. The minimum atomic E-state index is -0.526. The van der Waals surface area contributed by atoms with Gasteiger partial charge in [0.25, 0.3) is 5.91 Å². The van der Waals surface area contributed by atoms with Crippen molar-refractivity contribution in [1.82, 2.24) is 73.4 Å². The average Bonchev–Trinajstić information content (AvgIpc) is 1.59. The van der Waals surface area contributed by atoms with Crippen molar-refractivity contribution >= 4 is 80.9 Å². The van der Waals surface area contributed by atoms with Gasteiger partial charge in [-0.1, -0.05) is 35.9 Å². The number of ketones is 7. The van der Waals surface area contributed by atoms with Crippen molar-refractivity contribution in [3.8, 4) is 10.8 Å². The highest BCUT2D eigenvalue weighted by Crippen LogP contribution is 2.40. The maximum absolute atomic E-state index is 13.7. The van der Waals surface area contributed by atoms with Gasteiger partial charge in [0.1, 0.15) is 46.6 Å². The van der Waals surface area contributed by atoms with Crippen LogP contribution in [0.5, 0.6) is 5.75 Å². The molecule has 642 valence electrons. The molecule has 2 amide bonds. The number of amides is 2. The lowest BCUT2D eigenvalue weighted by Crippen LogP contribution is -2.33. The number of benzene rings is 2. The van der Waals surface area contributed by atoms with Crippen LogP contribution in [0.3, 0.4) is 0 Å². The van der Waals surface area contributed by atoms with Crippen LogP contribution in [0, 0.1) is 20.8 Å². The van der Waals surface area contributed by atoms with Crippen LogP contribution in [-0.2, 0) is 110 Å². The third kappa shape index (κ3) is 27.6. The Hall–Kier alpha value is -10.4. The monoisotopic (exact) mass is 1690 g/mol. The normalized spacial score (nSPS) is 12.5. The second-order valence-electron chi connectivity index (χ2n) is 30.1. The first-order valence-corrected chi connectivity index (χ1v) is 42.0. The van der Waals surface area contributed by atoms with Crippen LogP contribution in [0.2, 0.25) is 5.02 Å². The van der Waals surface area contributed by atoms with E-state index in [4.69, 9.17) is 45.0 Å². The number of rotatable bonds is 56. The van der Waals surface area contributed by atoms with Gasteiger partial charge in [0.2, 0.25) is 17.5 Å². The molecular formula is C87H111ClN16O15S. The molecule has 0 saturated heterocycles. The molecule has 0 unspecified atom stereocenters. The maximum atomic E-state index is 13.7. The first kappa shape index (κ1) is 91.9. The lowest BCUT2D eigenvalue weighted by atomic mass is 9.99. The SMILES string of the molecule is Cc1sc2c(c1C)C(c1ccc(Cl)cc1)=N[C@@H](CC(=O)Cc1ccc(OCCOCCOCCOCCOCCOCCNCCCN(C)CCCNC(=O)CCNC(=O)c3nc(CC(=O)CCCC(=O)c4cc(CC(=O)c5nc(CC(=O)CCCC(=O)c6cc(CC(=O)c7nccn7C)cn6C)cn5C)cn4C)cn3C)cc1)c1nnc(C)n1-2. The molecule has 2 aromatic carbocycles. The predicted molar refractivity (Wildman–Crippen MR) is 453 cm³/mol. The van der Waals surface area contributed by atoms with E-state index in [0.717, 1.165) is 77.8 Å². The summed E-state index contributed by atoms with van der Waals surface area (Å²) in [6, 6.07) is 18.0. The van der Waals surface area contributed by atoms with Gasteiger partial charge in [-0.05, 0) is 132 Å². The number of nitrogens with one attached hydrogen (secondary N) is 3. The number of carbonyl (C=O) groups excluding carboxylic acids is 9. The Bertz CT molecular complexity index is 5010. The van der Waals surface area contributed by atoms with Crippen LogP contribution in [-0.4, -0.2) is 234 Å². The van der Waals surface area contributed by atoms with Gasteiger partial charge in [-0.25, -0.2) is 15.0 Å². The molecule has 0 radical (unpaired) electrons. The number of hydrogen-bond acceptors (Lipinski definition) is 24. The van der Waals surface area contributed by atoms with Crippen LogP contribution >= 0.6 is 22.9 Å². The zero-order chi connectivity index (χ0) is 85.6. The molecule has 120 heavy (non-hydrogen) atoms. The molecule has 0 saturated carbocycles. The van der Waals surface area contributed by atoms with Crippen LogP contribution in [0.15, 0.2) is 103 Å². The van der Waals surface area contributed by atoms with Crippen molar-refractivity contribution in [3.63, 3.8) is 0 Å². The summed E-state index contributed by atoms with van der Waals surface area (Å²) in [7, 11) is 10.6. The quantitative estimate of drug-likeness (QED) is 0.0237. The number of ether oxygens (including phenoxy) is 6. The summed E-state index contributed by atoms with van der Waals surface area (Å²) in [5.74, 6) is 1.01. The van der Waals surface area contributed by atoms with E-state index in [1.807, 2.05) is 62.5 Å². The molecule has 8 heterocycles. The molecular weight excluding hydrogens is 1580 g/mol. The number of Topliss-reactive ketones (excluding diaryl/α,β-unsaturated/α-hetero) is 7. The standard InChI is InChI=1S/C87H111ClN16O15S/c1-58-59(2)120-87-80(58)81(64-20-22-65(88)23-21-64)95-72(82-97-96-60(3)104(82)87)53-70(107)46-61-18-24-71(25-19-61)119-45-44-118-43-42-117-41-40-116-39-38-115-37-36-114-35-31-89-27-12-32-98(4)33-13-28-90-79(112)26-29-92-86(113)85-94-67(57-103(85)9)52-69(106)15-11-17-76(109)74-48-63(55-101(74)7)50-78(111)84-93-66(56-102(84)8)51-68(105)14-10-16-75(108)73-47-62(54-100(73)6)49-77(110)83-91-30-34-99(83)5/h18-25,30,34,47-48,54-57,72,89H,10-17,26-29,31-33,35-46,49-53H2,1-9H3,(H,90,112)(H,92,113)/t72-/m0/s1. The molecule has 10 rings (SSSR count). The van der Waals surface area contributed by atoms with E-state index in [9.17, 15) is 43.2 Å². The number of aryl methyl sites for hydroxylation is 7. The lowest BCUT2D eigenvalue weighted by molar-refractivity contribution is -0.121. The fourth-order valence-electron chi connectivity index (χ4n) is 14.0. The highest BCUT2D eigenvalue weighted by molar-refractivity contribution is 7.15. The van der Waals surface area contributed by atoms with Gasteiger partial charge < -0.3 is 72.1 Å². The van der Waals surface area contributed by atoms with Crippen molar-refractivity contribution < 1.29 is 71.6 Å². The number of aromatic nitrogens is 11. The second-order valence-corrected chi connectivity index (χ2v) is 31.7. The van der Waals surface area contributed by atoms with Gasteiger partial charge >= 0.3 is 0 Å². The van der Waals surface area contributed by atoms with E-state index in [-0.39, 0.29) is 142 Å². The molecule has 0 fully saturated rings. The molecule has 33 heteroatoms. The Balaban J connectivity index is 0.474. The average molecular weight is 1690 g/mol. The van der Waals surface area contributed by atoms with Crippen molar-refractivity contribution in [2.75, 3.05) is 119 Å². The Morgan fingerprint density at radius 2 is 1.07 bits per heavy atom. The fourth-order valence-corrected chi connectivity index (χ4v) is 15.4. The largest absolute Gasteiger partial charge is 0.491 e. The Kier molecular flexibility index (Phi) is 35.5. The molecule has 9 aromatic rings. The molecule has 31 nitrogen and oxygen atoms in total. The van der Waals surface area contributed by atoms with E-state index in [0.29, 0.717) is 142 Å². The minimum Gasteiger partial charge on any atom is -0.491 e. The van der Waals surface area contributed by atoms with Gasteiger partial charge in [-0.3, -0.25) is 52.7 Å². The Morgan fingerprint density at radius 1 is 0.517 bits per heavy atom. The van der Waals surface area contributed by atoms with E-state index < -0.39 is 11.9 Å². The molecule has 0 spiro atoms. The molecule has 1 aliphatic heterocycles. The van der Waals surface area contributed by atoms with Crippen LogP contribution in [0.4, 0.5) is 0 Å². The van der Waals surface area contributed by atoms with Crippen molar-refractivity contribution in [2.24, 2.45) is 40.2 Å². The summed E-state index contributed by atoms with van der Waals surface area (Å²) < 4.78 is 44.3. The van der Waals surface area contributed by atoms with Crippen LogP contribution < -0.4 is 20.7 Å². The Morgan fingerprint density at radius 3 is 1.65 bits per heavy atom. The number of fused-ring (bicyclic) bond motifs is 3. The fraction of sp³-hybridized carbons (Fsp3) is 0.483. The minimum absolute atomic E-state index is 0.00738. The Labute approximate surface area is 708 Å². The summed E-state index contributed by atoms with van der Waals surface area (Å²) in [6.45, 7) is 14.9. The van der Waals surface area contributed by atoms with Crippen molar-refractivity contribution in [1.29, 1.82) is 0 Å². The van der Waals surface area contributed by atoms with E-state index in [1.165, 1.54) is 9.44 Å². The van der Waals surface area contributed by atoms with Crippen LogP contribution in [0.25, 0.3) is 5.00 Å². The number of halogens is 1. The molecule has 0 aliphatic carbocycles. The number of aliphatic imine (C=N–C) groups is 1. The summed E-state index contributed by atoms with van der Waals surface area (Å²) in [5, 5.41) is 19.7. The summed E-state index contributed by atoms with van der Waals surface area (Å²) >= 11 is 7.95. The molecule has 7 aromatic heterocycles. The summed E-state index contributed by atoms with van der Waals surface area (Å²) in [4.78, 5) is 140.